The summed E-state index contributed by atoms with van der Waals surface area (Å²) in [6.45, 7) is 0. The van der Waals surface area contributed by atoms with Crippen LogP contribution >= 0.6 is 39.3 Å². The molecule has 0 radical (unpaired) electrons. The quantitative estimate of drug-likeness (QED) is 0.427. The summed E-state index contributed by atoms with van der Waals surface area (Å²) >= 11 is 11.5. The fourth-order valence-electron chi connectivity index (χ4n) is 2.88. The topological polar surface area (TPSA) is 60.0 Å². The molecule has 0 atom stereocenters. The molecule has 1 N–H and O–H groups in total. The van der Waals surface area contributed by atoms with Crippen LogP contribution in [0.1, 0.15) is 10.4 Å². The minimum atomic E-state index is -0.943. The van der Waals surface area contributed by atoms with Crippen molar-refractivity contribution in [2.75, 3.05) is 0 Å². The lowest BCUT2D eigenvalue weighted by Gasteiger charge is -2.05. The van der Waals surface area contributed by atoms with Gasteiger partial charge in [-0.25, -0.2) is 4.79 Å². The Bertz CT molecular complexity index is 1190. The lowest BCUT2D eigenvalue weighted by molar-refractivity contribution is 0.0696. The first-order chi connectivity index (χ1) is 12.9. The van der Waals surface area contributed by atoms with Gasteiger partial charge in [0.2, 0.25) is 0 Å². The fourth-order valence-corrected chi connectivity index (χ4v) is 4.93. The van der Waals surface area contributed by atoms with E-state index in [2.05, 4.69) is 21.0 Å². The predicted molar refractivity (Wildman–Crippen MR) is 110 cm³/mol. The molecule has 0 aliphatic heterocycles. The van der Waals surface area contributed by atoms with Gasteiger partial charge >= 0.3 is 5.97 Å². The van der Waals surface area contributed by atoms with E-state index in [0.717, 1.165) is 31.0 Å². The zero-order chi connectivity index (χ0) is 19.1. The van der Waals surface area contributed by atoms with Crippen molar-refractivity contribution in [2.24, 2.45) is 7.05 Å². The zero-order valence-corrected chi connectivity index (χ0v) is 17.2. The van der Waals surface area contributed by atoms with Crippen molar-refractivity contribution in [3.05, 3.63) is 70.0 Å². The van der Waals surface area contributed by atoms with Gasteiger partial charge in [0.1, 0.15) is 4.60 Å². The first kappa shape index (κ1) is 18.2. The molecule has 0 fully saturated rings. The largest absolute Gasteiger partial charge is 0.478 e. The maximum absolute atomic E-state index is 11.3. The molecule has 4 rings (SSSR count). The number of hydrogen-bond acceptors (Lipinski definition) is 3. The van der Waals surface area contributed by atoms with Crippen molar-refractivity contribution in [3.8, 4) is 5.69 Å². The SMILES string of the molecule is Cn1cc(-n2c(Br)c(Sc3cccc(C(=O)O)c3)c3ccc(Cl)cc32)cn1. The average Bonchev–Trinajstić information content (AvgIpc) is 3.16. The Morgan fingerprint density at radius 2 is 2.07 bits per heavy atom. The van der Waals surface area contributed by atoms with E-state index in [-0.39, 0.29) is 5.56 Å². The summed E-state index contributed by atoms with van der Waals surface area (Å²) in [5.74, 6) is -0.943. The van der Waals surface area contributed by atoms with Gasteiger partial charge in [0.25, 0.3) is 0 Å². The highest BCUT2D eigenvalue weighted by atomic mass is 79.9. The predicted octanol–water partition coefficient (Wildman–Crippen LogP) is 5.63. The maximum Gasteiger partial charge on any atom is 0.335 e. The van der Waals surface area contributed by atoms with Gasteiger partial charge in [-0.2, -0.15) is 5.10 Å². The van der Waals surface area contributed by atoms with Gasteiger partial charge in [0, 0.05) is 28.5 Å². The van der Waals surface area contributed by atoms with E-state index < -0.39 is 5.97 Å². The highest BCUT2D eigenvalue weighted by molar-refractivity contribution is 9.10. The molecule has 0 aliphatic rings. The smallest absolute Gasteiger partial charge is 0.335 e. The first-order valence-corrected chi connectivity index (χ1v) is 9.92. The maximum atomic E-state index is 11.3. The van der Waals surface area contributed by atoms with Crippen LogP contribution in [0.3, 0.4) is 0 Å². The Morgan fingerprint density at radius 3 is 2.78 bits per heavy atom. The van der Waals surface area contributed by atoms with E-state index in [0.29, 0.717) is 5.02 Å². The molecule has 2 aromatic heterocycles. The molecule has 5 nitrogen and oxygen atoms in total. The molecule has 0 unspecified atom stereocenters. The molecule has 2 aromatic carbocycles. The lowest BCUT2D eigenvalue weighted by Crippen LogP contribution is -1.95. The van der Waals surface area contributed by atoms with Crippen LogP contribution in [-0.2, 0) is 7.05 Å². The summed E-state index contributed by atoms with van der Waals surface area (Å²) in [6.07, 6.45) is 3.70. The molecule has 0 aliphatic carbocycles. The zero-order valence-electron chi connectivity index (χ0n) is 14.1. The van der Waals surface area contributed by atoms with Crippen molar-refractivity contribution in [3.63, 3.8) is 0 Å². The fraction of sp³-hybridized carbons (Fsp3) is 0.0526. The number of nitrogens with zero attached hydrogens (tertiary/aromatic N) is 3. The number of fused-ring (bicyclic) bond motifs is 1. The molecule has 136 valence electrons. The third kappa shape index (κ3) is 3.38. The van der Waals surface area contributed by atoms with Crippen LogP contribution < -0.4 is 0 Å². The van der Waals surface area contributed by atoms with Gasteiger partial charge in [-0.05, 0) is 46.3 Å². The number of hydrogen-bond donors (Lipinski definition) is 1. The third-order valence-corrected chi connectivity index (χ3v) is 6.44. The van der Waals surface area contributed by atoms with E-state index in [1.165, 1.54) is 11.8 Å². The molecule has 0 amide bonds. The molecule has 27 heavy (non-hydrogen) atoms. The molecule has 8 heteroatoms. The minimum Gasteiger partial charge on any atom is -0.478 e. The Balaban J connectivity index is 1.90. The van der Waals surface area contributed by atoms with Gasteiger partial charge in [0.15, 0.2) is 0 Å². The number of aromatic nitrogens is 3. The summed E-state index contributed by atoms with van der Waals surface area (Å²) in [5.41, 5.74) is 2.11. The van der Waals surface area contributed by atoms with Crippen LogP contribution in [0.15, 0.2) is 69.3 Å². The van der Waals surface area contributed by atoms with E-state index in [1.807, 2.05) is 42.1 Å². The number of benzene rings is 2. The van der Waals surface area contributed by atoms with Gasteiger partial charge in [-0.1, -0.05) is 35.5 Å². The number of carboxylic acids is 1. The number of carboxylic acid groups (broad SMARTS) is 1. The molecular formula is C19H13BrClN3O2S. The second kappa shape index (κ2) is 7.07. The average molecular weight is 463 g/mol. The van der Waals surface area contributed by atoms with Crippen LogP contribution in [0.5, 0.6) is 0 Å². The minimum absolute atomic E-state index is 0.259. The Labute approximate surface area is 172 Å². The summed E-state index contributed by atoms with van der Waals surface area (Å²) in [6, 6.07) is 12.6. The number of carbonyl (C=O) groups is 1. The standard InChI is InChI=1S/C19H13BrClN3O2S/c1-23-10-13(9-22-23)24-16-8-12(21)5-6-15(16)17(18(24)20)27-14-4-2-3-11(7-14)19(25)26/h2-10H,1H3,(H,25,26). The van der Waals surface area contributed by atoms with E-state index in [4.69, 9.17) is 11.6 Å². The van der Waals surface area contributed by atoms with Crippen molar-refractivity contribution >= 4 is 56.2 Å². The summed E-state index contributed by atoms with van der Waals surface area (Å²) in [7, 11) is 1.86. The molecule has 2 heterocycles. The van der Waals surface area contributed by atoms with Gasteiger partial charge in [-0.15, -0.1) is 0 Å². The molecule has 0 spiro atoms. The van der Waals surface area contributed by atoms with Gasteiger partial charge in [0.05, 0.1) is 27.9 Å². The van der Waals surface area contributed by atoms with Crippen molar-refractivity contribution < 1.29 is 9.90 Å². The lowest BCUT2D eigenvalue weighted by atomic mass is 10.2. The molecule has 0 bridgehead atoms. The summed E-state index contributed by atoms with van der Waals surface area (Å²) in [4.78, 5) is 13.1. The highest BCUT2D eigenvalue weighted by Crippen LogP contribution is 2.43. The Morgan fingerprint density at radius 1 is 1.26 bits per heavy atom. The van der Waals surface area contributed by atoms with Crippen molar-refractivity contribution in [1.82, 2.24) is 14.3 Å². The van der Waals surface area contributed by atoms with Crippen LogP contribution in [0.4, 0.5) is 0 Å². The molecule has 0 saturated carbocycles. The van der Waals surface area contributed by atoms with Crippen LogP contribution in [0.25, 0.3) is 16.6 Å². The van der Waals surface area contributed by atoms with Gasteiger partial charge < -0.3 is 5.11 Å². The van der Waals surface area contributed by atoms with Gasteiger partial charge in [-0.3, -0.25) is 9.25 Å². The molecular weight excluding hydrogens is 450 g/mol. The van der Waals surface area contributed by atoms with E-state index in [9.17, 15) is 9.90 Å². The van der Waals surface area contributed by atoms with E-state index >= 15 is 0 Å². The normalized spacial score (nSPS) is 11.2. The number of rotatable bonds is 4. The summed E-state index contributed by atoms with van der Waals surface area (Å²) < 4.78 is 4.64. The first-order valence-electron chi connectivity index (χ1n) is 7.94. The number of halogens is 2. The van der Waals surface area contributed by atoms with Crippen LogP contribution in [0, 0.1) is 0 Å². The van der Waals surface area contributed by atoms with Crippen LogP contribution in [-0.4, -0.2) is 25.4 Å². The second-order valence-electron chi connectivity index (χ2n) is 5.92. The third-order valence-electron chi connectivity index (χ3n) is 4.08. The monoisotopic (exact) mass is 461 g/mol. The Kier molecular flexibility index (Phi) is 4.75. The van der Waals surface area contributed by atoms with Crippen molar-refractivity contribution in [2.45, 2.75) is 9.79 Å². The number of aryl methyl sites for hydroxylation is 1. The van der Waals surface area contributed by atoms with Crippen LogP contribution in [0.2, 0.25) is 5.02 Å². The highest BCUT2D eigenvalue weighted by Gasteiger charge is 2.19. The Hall–Kier alpha value is -2.22. The second-order valence-corrected chi connectivity index (χ2v) is 8.20. The summed E-state index contributed by atoms with van der Waals surface area (Å²) in [5, 5.41) is 15.2. The van der Waals surface area contributed by atoms with E-state index in [1.54, 1.807) is 29.1 Å². The number of aromatic carboxylic acids is 1. The molecule has 4 aromatic rings. The van der Waals surface area contributed by atoms with Crippen molar-refractivity contribution in [1.29, 1.82) is 0 Å². The molecule has 0 saturated heterocycles.